The minimum absolute atomic E-state index is 0.208. The summed E-state index contributed by atoms with van der Waals surface area (Å²) >= 11 is 0. The third-order valence-electron chi connectivity index (χ3n) is 6.03. The number of aliphatic hydroxyl groups excluding tert-OH is 1. The Balaban J connectivity index is 2.31. The Bertz CT molecular complexity index is 417. The minimum Gasteiger partial charge on any atom is -0.414 e. The van der Waals surface area contributed by atoms with E-state index in [0.29, 0.717) is 24.7 Å². The summed E-state index contributed by atoms with van der Waals surface area (Å²) in [5.41, 5.74) is 0. The maximum Gasteiger partial charge on any atom is 0.192 e. The molecule has 1 aliphatic carbocycles. The molecule has 1 aliphatic rings. The molecule has 0 bridgehead atoms. The lowest BCUT2D eigenvalue weighted by Crippen LogP contribution is -2.43. The zero-order valence-corrected chi connectivity index (χ0v) is 19.1. The van der Waals surface area contributed by atoms with E-state index in [4.69, 9.17) is 13.9 Å². The number of hydrogen-bond donors (Lipinski definition) is 1. The van der Waals surface area contributed by atoms with Crippen LogP contribution >= 0.6 is 0 Å². The van der Waals surface area contributed by atoms with Crippen LogP contribution in [0.25, 0.3) is 0 Å². The van der Waals surface area contributed by atoms with Gasteiger partial charge in [0.15, 0.2) is 8.32 Å². The first-order valence-corrected chi connectivity index (χ1v) is 13.1. The average molecular weight is 387 g/mol. The van der Waals surface area contributed by atoms with Crippen LogP contribution in [0, 0.1) is 11.8 Å². The molecule has 4 atom stereocenters. The molecule has 0 spiro atoms. The fourth-order valence-electron chi connectivity index (χ4n) is 3.38. The second kappa shape index (κ2) is 11.0. The molecule has 1 fully saturated rings. The van der Waals surface area contributed by atoms with Gasteiger partial charge < -0.3 is 19.0 Å². The number of methoxy groups -OCH3 is 1. The van der Waals surface area contributed by atoms with E-state index in [0.717, 1.165) is 32.1 Å². The van der Waals surface area contributed by atoms with Gasteiger partial charge in [-0.3, -0.25) is 0 Å². The van der Waals surface area contributed by atoms with Crippen LogP contribution in [0.3, 0.4) is 0 Å². The van der Waals surface area contributed by atoms with Crippen molar-refractivity contribution >= 4 is 8.32 Å². The Morgan fingerprint density at radius 3 is 2.50 bits per heavy atom. The van der Waals surface area contributed by atoms with Crippen LogP contribution in [0.2, 0.25) is 18.1 Å². The first-order valence-electron chi connectivity index (χ1n) is 10.2. The fourth-order valence-corrected chi connectivity index (χ4v) is 4.86. The second-order valence-corrected chi connectivity index (χ2v) is 14.1. The first kappa shape index (κ1) is 23.8. The van der Waals surface area contributed by atoms with Crippen LogP contribution in [-0.4, -0.2) is 46.1 Å². The van der Waals surface area contributed by atoms with Crippen LogP contribution < -0.4 is 0 Å². The molecule has 0 unspecified atom stereocenters. The summed E-state index contributed by atoms with van der Waals surface area (Å²) in [4.78, 5) is 0. The van der Waals surface area contributed by atoms with Gasteiger partial charge in [0.2, 0.25) is 0 Å². The molecule has 1 rings (SSSR count). The molecule has 0 heterocycles. The van der Waals surface area contributed by atoms with Crippen molar-refractivity contribution in [3.8, 4) is 0 Å². The molecule has 154 valence electrons. The second-order valence-electron chi connectivity index (χ2n) is 9.32. The molecular formula is C21H42O4Si. The van der Waals surface area contributed by atoms with Crippen molar-refractivity contribution in [2.24, 2.45) is 11.8 Å². The zero-order valence-electron chi connectivity index (χ0n) is 18.1. The van der Waals surface area contributed by atoms with Gasteiger partial charge in [0.25, 0.3) is 0 Å². The number of unbranched alkanes of at least 4 members (excludes halogenated alkanes) is 1. The van der Waals surface area contributed by atoms with Gasteiger partial charge in [-0.05, 0) is 69.0 Å². The summed E-state index contributed by atoms with van der Waals surface area (Å²) in [6.07, 6.45) is 10.3. The van der Waals surface area contributed by atoms with E-state index in [2.05, 4.69) is 52.9 Å². The van der Waals surface area contributed by atoms with Gasteiger partial charge in [-0.15, -0.1) is 0 Å². The third kappa shape index (κ3) is 7.81. The van der Waals surface area contributed by atoms with E-state index in [9.17, 15) is 5.11 Å². The number of rotatable bonds is 11. The molecule has 26 heavy (non-hydrogen) atoms. The SMILES string of the molecule is COCO[C@@H]1C[C@@H](CO)[C@H](/C=C\CCC[C@@H](C)O[Si](C)(C)C(C)(C)C)C1. The summed E-state index contributed by atoms with van der Waals surface area (Å²) in [5.74, 6) is 0.733. The van der Waals surface area contributed by atoms with Crippen molar-refractivity contribution in [2.45, 2.75) is 90.1 Å². The number of ether oxygens (including phenoxy) is 2. The highest BCUT2D eigenvalue weighted by Crippen LogP contribution is 2.38. The van der Waals surface area contributed by atoms with E-state index < -0.39 is 8.32 Å². The molecule has 5 heteroatoms. The van der Waals surface area contributed by atoms with Crippen LogP contribution in [0.1, 0.15) is 59.8 Å². The highest BCUT2D eigenvalue weighted by Gasteiger charge is 2.38. The number of aliphatic hydroxyl groups is 1. The smallest absolute Gasteiger partial charge is 0.192 e. The Morgan fingerprint density at radius 1 is 1.23 bits per heavy atom. The molecule has 0 aliphatic heterocycles. The lowest BCUT2D eigenvalue weighted by atomic mass is 9.96. The van der Waals surface area contributed by atoms with Crippen molar-refractivity contribution in [3.63, 3.8) is 0 Å². The van der Waals surface area contributed by atoms with E-state index in [1.54, 1.807) is 7.11 Å². The molecule has 0 amide bonds. The molecule has 0 aromatic carbocycles. The Morgan fingerprint density at radius 2 is 1.92 bits per heavy atom. The molecule has 1 N–H and O–H groups in total. The normalized spacial score (nSPS) is 25.9. The standard InChI is InChI=1S/C21H42O4Si/c1-17(25-26(6,7)21(2,3)4)11-9-8-10-12-18-13-20(24-16-23-5)14-19(18)15-22/h10,12,17-20,22H,8-9,11,13-16H2,1-7H3/b12-10-/t17-,18-,19+,20+/m1/s1. The predicted molar refractivity (Wildman–Crippen MR) is 111 cm³/mol. The van der Waals surface area contributed by atoms with Crippen molar-refractivity contribution in [2.75, 3.05) is 20.5 Å². The van der Waals surface area contributed by atoms with Gasteiger partial charge in [-0.25, -0.2) is 0 Å². The van der Waals surface area contributed by atoms with Gasteiger partial charge in [-0.2, -0.15) is 0 Å². The van der Waals surface area contributed by atoms with Crippen molar-refractivity contribution in [1.82, 2.24) is 0 Å². The largest absolute Gasteiger partial charge is 0.414 e. The Hall–Kier alpha value is -0.203. The van der Waals surface area contributed by atoms with Crippen LogP contribution in [0.15, 0.2) is 12.2 Å². The summed E-state index contributed by atoms with van der Waals surface area (Å²) in [6.45, 7) is 14.3. The van der Waals surface area contributed by atoms with Gasteiger partial charge in [0.1, 0.15) is 6.79 Å². The average Bonchev–Trinajstić information content (AvgIpc) is 2.93. The summed E-state index contributed by atoms with van der Waals surface area (Å²) in [6, 6.07) is 0. The van der Waals surface area contributed by atoms with Gasteiger partial charge in [0.05, 0.1) is 6.10 Å². The molecule has 0 saturated heterocycles. The Kier molecular flexibility index (Phi) is 10.0. The lowest BCUT2D eigenvalue weighted by molar-refractivity contribution is -0.0707. The molecule has 0 aromatic rings. The van der Waals surface area contributed by atoms with E-state index in [1.807, 2.05) is 0 Å². The molecule has 4 nitrogen and oxygen atoms in total. The molecular weight excluding hydrogens is 344 g/mol. The van der Waals surface area contributed by atoms with Crippen LogP contribution in [-0.2, 0) is 13.9 Å². The zero-order chi connectivity index (χ0) is 19.8. The molecule has 0 radical (unpaired) electrons. The third-order valence-corrected chi connectivity index (χ3v) is 10.6. The maximum atomic E-state index is 9.60. The van der Waals surface area contributed by atoms with Crippen molar-refractivity contribution in [3.05, 3.63) is 12.2 Å². The first-order chi connectivity index (χ1) is 12.1. The summed E-state index contributed by atoms with van der Waals surface area (Å²) in [7, 11) is -0.0160. The number of allylic oxidation sites excluding steroid dienone is 2. The van der Waals surface area contributed by atoms with E-state index >= 15 is 0 Å². The van der Waals surface area contributed by atoms with Gasteiger partial charge in [-0.1, -0.05) is 32.9 Å². The van der Waals surface area contributed by atoms with Crippen molar-refractivity contribution in [1.29, 1.82) is 0 Å². The van der Waals surface area contributed by atoms with E-state index in [-0.39, 0.29) is 17.7 Å². The fraction of sp³-hybridized carbons (Fsp3) is 0.905. The monoisotopic (exact) mass is 386 g/mol. The van der Waals surface area contributed by atoms with Crippen LogP contribution in [0.5, 0.6) is 0 Å². The summed E-state index contributed by atoms with van der Waals surface area (Å²) < 4.78 is 17.1. The van der Waals surface area contributed by atoms with Gasteiger partial charge in [0, 0.05) is 19.8 Å². The van der Waals surface area contributed by atoms with Crippen molar-refractivity contribution < 1.29 is 19.0 Å². The molecule has 1 saturated carbocycles. The lowest BCUT2D eigenvalue weighted by Gasteiger charge is -2.38. The Labute approximate surface area is 162 Å². The predicted octanol–water partition coefficient (Wildman–Crippen LogP) is 5.13. The number of hydrogen-bond acceptors (Lipinski definition) is 4. The quantitative estimate of drug-likeness (QED) is 0.231. The highest BCUT2D eigenvalue weighted by atomic mass is 28.4. The van der Waals surface area contributed by atoms with Gasteiger partial charge >= 0.3 is 0 Å². The maximum absolute atomic E-state index is 9.60. The van der Waals surface area contributed by atoms with Crippen LogP contribution in [0.4, 0.5) is 0 Å². The highest BCUT2D eigenvalue weighted by molar-refractivity contribution is 6.74. The minimum atomic E-state index is -1.66. The molecule has 0 aromatic heterocycles. The summed E-state index contributed by atoms with van der Waals surface area (Å²) in [5, 5.41) is 9.86. The topological polar surface area (TPSA) is 47.9 Å². The van der Waals surface area contributed by atoms with E-state index in [1.165, 1.54) is 0 Å².